The second kappa shape index (κ2) is 9.75. The van der Waals surface area contributed by atoms with E-state index in [-0.39, 0.29) is 0 Å². The second-order valence-corrected chi connectivity index (χ2v) is 16.6. The van der Waals surface area contributed by atoms with E-state index < -0.39 is 8.07 Å². The van der Waals surface area contributed by atoms with E-state index in [9.17, 15) is 0 Å². The second-order valence-electron chi connectivity index (χ2n) is 9.80. The molecule has 0 N–H and O–H groups in total. The van der Waals surface area contributed by atoms with Crippen molar-refractivity contribution in [2.75, 3.05) is 25.6 Å². The first kappa shape index (κ1) is 23.6. The summed E-state index contributed by atoms with van der Waals surface area (Å²) in [6, 6.07) is 11.9. The summed E-state index contributed by atoms with van der Waals surface area (Å²) in [7, 11) is 4.95. The summed E-state index contributed by atoms with van der Waals surface area (Å²) in [5.74, 6) is 0. The summed E-state index contributed by atoms with van der Waals surface area (Å²) in [6.45, 7) is 8.41. The molecule has 0 saturated heterocycles. The van der Waals surface area contributed by atoms with Gasteiger partial charge in [-0.1, -0.05) is 37.5 Å². The van der Waals surface area contributed by atoms with Gasteiger partial charge in [-0.25, -0.2) is 4.98 Å². The van der Waals surface area contributed by atoms with Gasteiger partial charge in [0.15, 0.2) is 0 Å². The average molecular weight is 480 g/mol. The van der Waals surface area contributed by atoms with Gasteiger partial charge in [-0.15, -0.1) is 0 Å². The average Bonchev–Trinajstić information content (AvgIpc) is 3.34. The number of ether oxygens (including phenoxy) is 1. The highest BCUT2D eigenvalue weighted by Gasteiger charge is 2.16. The van der Waals surface area contributed by atoms with Crippen LogP contribution in [0.5, 0.6) is 0 Å². The van der Waals surface area contributed by atoms with E-state index in [0.717, 1.165) is 39.7 Å². The monoisotopic (exact) mass is 479 g/mol. The van der Waals surface area contributed by atoms with Gasteiger partial charge in [-0.3, -0.25) is 4.68 Å². The van der Waals surface area contributed by atoms with Gasteiger partial charge in [0.25, 0.3) is 0 Å². The van der Waals surface area contributed by atoms with Crippen LogP contribution >= 0.6 is 11.8 Å². The van der Waals surface area contributed by atoms with Crippen molar-refractivity contribution in [1.82, 2.24) is 19.3 Å². The zero-order valence-corrected chi connectivity index (χ0v) is 22.2. The van der Waals surface area contributed by atoms with Crippen LogP contribution in [0.4, 0.5) is 5.69 Å². The fourth-order valence-electron chi connectivity index (χ4n) is 3.60. The molecule has 33 heavy (non-hydrogen) atoms. The third-order valence-electron chi connectivity index (χ3n) is 5.50. The Morgan fingerprint density at radius 1 is 1.06 bits per heavy atom. The molecule has 0 fully saturated rings. The van der Waals surface area contributed by atoms with Gasteiger partial charge >= 0.3 is 0 Å². The lowest BCUT2D eigenvalue weighted by atomic mass is 10.1. The van der Waals surface area contributed by atoms with Gasteiger partial charge in [-0.2, -0.15) is 5.10 Å². The van der Waals surface area contributed by atoms with Crippen molar-refractivity contribution in [3.05, 3.63) is 55.1 Å². The van der Waals surface area contributed by atoms with Crippen LogP contribution in [0.25, 0.3) is 22.2 Å². The topological polar surface area (TPSA) is 48.1 Å². The summed E-state index contributed by atoms with van der Waals surface area (Å²) in [4.78, 5) is 9.27. The van der Waals surface area contributed by atoms with Crippen molar-refractivity contribution in [3.63, 3.8) is 0 Å². The van der Waals surface area contributed by atoms with Crippen LogP contribution < -0.4 is 4.90 Å². The Labute approximate surface area is 201 Å². The molecule has 0 radical (unpaired) electrons. The number of pyridine rings is 1. The van der Waals surface area contributed by atoms with Crippen molar-refractivity contribution < 1.29 is 4.74 Å². The minimum atomic E-state index is -1.12. The van der Waals surface area contributed by atoms with Crippen LogP contribution in [-0.4, -0.2) is 48.1 Å². The van der Waals surface area contributed by atoms with Gasteiger partial charge in [0.05, 0.1) is 6.20 Å². The summed E-state index contributed by atoms with van der Waals surface area (Å²) in [5.41, 5.74) is 4.34. The zero-order chi connectivity index (χ0) is 23.6. The summed E-state index contributed by atoms with van der Waals surface area (Å²) in [5, 5.41) is 5.49. The Morgan fingerprint density at radius 3 is 2.58 bits per heavy atom. The SMILES string of the molecule is CN(C)c1cccc(Sc2cnc3c(c2)c(-c2cnn(C)c2)cn3COCC[Si](C)(C)C)c1. The van der Waals surface area contributed by atoms with Crippen LogP contribution in [0.15, 0.2) is 64.9 Å². The van der Waals surface area contributed by atoms with E-state index in [4.69, 9.17) is 9.72 Å². The summed E-state index contributed by atoms with van der Waals surface area (Å²) >= 11 is 1.73. The molecule has 3 aromatic heterocycles. The molecule has 3 heterocycles. The van der Waals surface area contributed by atoms with E-state index in [1.54, 1.807) is 11.8 Å². The normalized spacial score (nSPS) is 11.9. The van der Waals surface area contributed by atoms with Gasteiger partial charge in [-0.05, 0) is 30.3 Å². The molecule has 0 atom stereocenters. The molecule has 0 aliphatic heterocycles. The van der Waals surface area contributed by atoms with Crippen LogP contribution in [0, 0.1) is 0 Å². The molecule has 0 amide bonds. The van der Waals surface area contributed by atoms with Crippen molar-refractivity contribution in [1.29, 1.82) is 0 Å². The Kier molecular flexibility index (Phi) is 6.97. The maximum atomic E-state index is 6.05. The fourth-order valence-corrected chi connectivity index (χ4v) is 5.24. The molecule has 0 unspecified atom stereocenters. The number of rotatable bonds is 9. The number of aromatic nitrogens is 4. The van der Waals surface area contributed by atoms with E-state index in [2.05, 4.69) is 84.8 Å². The maximum Gasteiger partial charge on any atom is 0.142 e. The highest BCUT2D eigenvalue weighted by molar-refractivity contribution is 7.99. The third-order valence-corrected chi connectivity index (χ3v) is 8.15. The molecule has 0 aliphatic carbocycles. The molecule has 0 aliphatic rings. The lowest BCUT2D eigenvalue weighted by Crippen LogP contribution is -2.22. The molecule has 0 bridgehead atoms. The Hall–Kier alpha value is -2.55. The van der Waals surface area contributed by atoms with E-state index in [1.165, 1.54) is 10.6 Å². The summed E-state index contributed by atoms with van der Waals surface area (Å²) in [6.07, 6.45) is 8.06. The van der Waals surface area contributed by atoms with Crippen LogP contribution in [0.3, 0.4) is 0 Å². The van der Waals surface area contributed by atoms with Crippen molar-refractivity contribution in [3.8, 4) is 11.1 Å². The molecule has 4 rings (SSSR count). The summed E-state index contributed by atoms with van der Waals surface area (Å²) < 4.78 is 10.00. The molecule has 0 spiro atoms. The lowest BCUT2D eigenvalue weighted by Gasteiger charge is -2.15. The maximum absolute atomic E-state index is 6.05. The largest absolute Gasteiger partial charge is 0.378 e. The first-order valence-corrected chi connectivity index (χ1v) is 15.7. The molecular formula is C25H33N5OSSi. The quantitative estimate of drug-likeness (QED) is 0.219. The smallest absolute Gasteiger partial charge is 0.142 e. The highest BCUT2D eigenvalue weighted by Crippen LogP contribution is 2.35. The fraction of sp³-hybridized carbons (Fsp3) is 0.360. The minimum Gasteiger partial charge on any atom is -0.378 e. The number of hydrogen-bond donors (Lipinski definition) is 0. The Bertz CT molecular complexity index is 1240. The number of anilines is 1. The number of aryl methyl sites for hydroxylation is 1. The molecule has 6 nitrogen and oxygen atoms in total. The number of fused-ring (bicyclic) bond motifs is 1. The standard InChI is InChI=1S/C25H33N5OSSi/c1-28(2)20-8-7-9-21(12-20)32-22-13-23-24(19-14-27-29(3)16-19)17-30(25(23)26-15-22)18-31-10-11-33(4,5)6/h7-9,12-17H,10-11,18H2,1-6H3. The van der Waals surface area contributed by atoms with Crippen LogP contribution in [0.2, 0.25) is 25.7 Å². The molecular weight excluding hydrogens is 446 g/mol. The van der Waals surface area contributed by atoms with Crippen molar-refractivity contribution in [2.24, 2.45) is 7.05 Å². The van der Waals surface area contributed by atoms with Gasteiger partial charge in [0, 0.05) is 86.4 Å². The van der Waals surface area contributed by atoms with Crippen molar-refractivity contribution in [2.45, 2.75) is 42.2 Å². The minimum absolute atomic E-state index is 0.506. The molecule has 4 aromatic rings. The Morgan fingerprint density at radius 2 is 1.88 bits per heavy atom. The molecule has 8 heteroatoms. The number of benzene rings is 1. The Balaban J connectivity index is 1.64. The van der Waals surface area contributed by atoms with E-state index in [1.807, 2.05) is 30.3 Å². The van der Waals surface area contributed by atoms with Crippen LogP contribution in [-0.2, 0) is 18.5 Å². The number of nitrogens with zero attached hydrogens (tertiary/aromatic N) is 5. The molecule has 174 valence electrons. The molecule has 0 saturated carbocycles. The highest BCUT2D eigenvalue weighted by atomic mass is 32.2. The van der Waals surface area contributed by atoms with Gasteiger partial charge in [0.2, 0.25) is 0 Å². The molecule has 1 aromatic carbocycles. The van der Waals surface area contributed by atoms with Gasteiger partial charge < -0.3 is 14.2 Å². The van der Waals surface area contributed by atoms with Gasteiger partial charge in [0.1, 0.15) is 12.4 Å². The van der Waals surface area contributed by atoms with Crippen LogP contribution in [0.1, 0.15) is 0 Å². The first-order valence-electron chi connectivity index (χ1n) is 11.2. The first-order chi connectivity index (χ1) is 15.7. The van der Waals surface area contributed by atoms with Crippen molar-refractivity contribution >= 4 is 36.6 Å². The zero-order valence-electron chi connectivity index (χ0n) is 20.4. The predicted molar refractivity (Wildman–Crippen MR) is 141 cm³/mol. The predicted octanol–water partition coefficient (Wildman–Crippen LogP) is 5.97. The third kappa shape index (κ3) is 5.88. The lowest BCUT2D eigenvalue weighted by molar-refractivity contribution is 0.0899. The van der Waals surface area contributed by atoms with E-state index >= 15 is 0 Å². The van der Waals surface area contributed by atoms with E-state index in [0.29, 0.717) is 6.73 Å². The number of hydrogen-bond acceptors (Lipinski definition) is 5.